The first-order valence-corrected chi connectivity index (χ1v) is 6.83. The van der Waals surface area contributed by atoms with Gasteiger partial charge in [-0.25, -0.2) is 9.89 Å². The van der Waals surface area contributed by atoms with E-state index < -0.39 is 0 Å². The molecule has 3 rings (SSSR count). The number of hydrogen-bond donors (Lipinski definition) is 4. The second-order valence-electron chi connectivity index (χ2n) is 5.54. The number of rotatable bonds is 3. The van der Waals surface area contributed by atoms with E-state index in [1.165, 1.54) is 6.42 Å². The Bertz CT molecular complexity index is 522. The SMILES string of the molecule is O=C(NCc1n[nH]c(=O)[nH]1)[C@@]12CCCC[C@H]1CNC2. The molecule has 1 aromatic rings. The monoisotopic (exact) mass is 265 g/mol. The summed E-state index contributed by atoms with van der Waals surface area (Å²) in [6.07, 6.45) is 4.41. The number of carbonyl (C=O) groups is 1. The van der Waals surface area contributed by atoms with Gasteiger partial charge in [-0.15, -0.1) is 0 Å². The summed E-state index contributed by atoms with van der Waals surface area (Å²) < 4.78 is 0. The molecular formula is C12H19N5O2. The maximum Gasteiger partial charge on any atom is 0.340 e. The number of aromatic nitrogens is 3. The molecule has 4 N–H and O–H groups in total. The summed E-state index contributed by atoms with van der Waals surface area (Å²) in [4.78, 5) is 26.0. The van der Waals surface area contributed by atoms with Gasteiger partial charge in [-0.1, -0.05) is 12.8 Å². The van der Waals surface area contributed by atoms with Crippen molar-refractivity contribution in [2.24, 2.45) is 11.3 Å². The first-order chi connectivity index (χ1) is 9.21. The van der Waals surface area contributed by atoms with Gasteiger partial charge < -0.3 is 10.6 Å². The van der Waals surface area contributed by atoms with Crippen molar-refractivity contribution < 1.29 is 4.79 Å². The molecule has 0 aromatic carbocycles. The highest BCUT2D eigenvalue weighted by molar-refractivity contribution is 5.83. The van der Waals surface area contributed by atoms with Crippen LogP contribution in [-0.4, -0.2) is 34.2 Å². The minimum atomic E-state index is -0.347. The highest BCUT2D eigenvalue weighted by Gasteiger charge is 2.49. The van der Waals surface area contributed by atoms with Crippen LogP contribution in [0.15, 0.2) is 4.79 Å². The van der Waals surface area contributed by atoms with Crippen LogP contribution in [0.5, 0.6) is 0 Å². The fraction of sp³-hybridized carbons (Fsp3) is 0.750. The molecule has 1 aliphatic carbocycles. The van der Waals surface area contributed by atoms with E-state index in [9.17, 15) is 9.59 Å². The fourth-order valence-electron chi connectivity index (χ4n) is 3.42. The molecule has 2 aliphatic rings. The standard InChI is InChI=1S/C12H19N5O2/c18-10(14-6-9-15-11(19)17-16-9)12-4-2-1-3-8(12)5-13-7-12/h8,13H,1-7H2,(H,14,18)(H2,15,16,17,19)/t8-,12+/m0/s1. The minimum absolute atomic E-state index is 0.0889. The van der Waals surface area contributed by atoms with E-state index in [2.05, 4.69) is 25.8 Å². The zero-order valence-corrected chi connectivity index (χ0v) is 10.8. The van der Waals surface area contributed by atoms with Crippen molar-refractivity contribution in [2.45, 2.75) is 32.2 Å². The third kappa shape index (κ3) is 2.18. The van der Waals surface area contributed by atoms with Crippen LogP contribution >= 0.6 is 0 Å². The fourth-order valence-corrected chi connectivity index (χ4v) is 3.42. The Hall–Kier alpha value is -1.63. The van der Waals surface area contributed by atoms with E-state index in [1.807, 2.05) is 0 Å². The molecule has 0 bridgehead atoms. The molecule has 2 atom stereocenters. The maximum absolute atomic E-state index is 12.5. The number of aromatic amines is 2. The van der Waals surface area contributed by atoms with E-state index in [0.717, 1.165) is 32.4 Å². The van der Waals surface area contributed by atoms with Crippen LogP contribution in [-0.2, 0) is 11.3 Å². The molecule has 2 fully saturated rings. The van der Waals surface area contributed by atoms with Crippen molar-refractivity contribution >= 4 is 5.91 Å². The van der Waals surface area contributed by atoms with Crippen molar-refractivity contribution in [1.29, 1.82) is 0 Å². The van der Waals surface area contributed by atoms with Gasteiger partial charge in [0.05, 0.1) is 12.0 Å². The van der Waals surface area contributed by atoms with Gasteiger partial charge in [-0.2, -0.15) is 5.10 Å². The number of hydrogen-bond acceptors (Lipinski definition) is 4. The highest BCUT2D eigenvalue weighted by Crippen LogP contribution is 2.43. The summed E-state index contributed by atoms with van der Waals surface area (Å²) in [5.41, 5.74) is -0.602. The normalized spacial score (nSPS) is 30.0. The van der Waals surface area contributed by atoms with Crippen LogP contribution in [0, 0.1) is 11.3 Å². The summed E-state index contributed by atoms with van der Waals surface area (Å²) in [6.45, 7) is 1.97. The number of H-pyrrole nitrogens is 2. The van der Waals surface area contributed by atoms with Crippen LogP contribution in [0.2, 0.25) is 0 Å². The maximum atomic E-state index is 12.5. The largest absolute Gasteiger partial charge is 0.348 e. The second-order valence-corrected chi connectivity index (χ2v) is 5.54. The van der Waals surface area contributed by atoms with Crippen LogP contribution in [0.3, 0.4) is 0 Å². The first-order valence-electron chi connectivity index (χ1n) is 6.83. The summed E-state index contributed by atoms with van der Waals surface area (Å²) >= 11 is 0. The Balaban J connectivity index is 1.67. The third-order valence-electron chi connectivity index (χ3n) is 4.46. The quantitative estimate of drug-likeness (QED) is 0.591. The number of carbonyl (C=O) groups excluding carboxylic acids is 1. The lowest BCUT2D eigenvalue weighted by atomic mass is 9.67. The van der Waals surface area contributed by atoms with Gasteiger partial charge in [-0.3, -0.25) is 9.78 Å². The number of fused-ring (bicyclic) bond motifs is 1. The van der Waals surface area contributed by atoms with E-state index >= 15 is 0 Å². The summed E-state index contributed by atoms with van der Waals surface area (Å²) in [5.74, 6) is 0.999. The molecule has 0 unspecified atom stereocenters. The van der Waals surface area contributed by atoms with Gasteiger partial charge in [0, 0.05) is 6.54 Å². The van der Waals surface area contributed by atoms with E-state index in [0.29, 0.717) is 11.7 Å². The lowest BCUT2D eigenvalue weighted by Gasteiger charge is -2.37. The Labute approximate surface area is 110 Å². The van der Waals surface area contributed by atoms with Crippen LogP contribution in [0.25, 0.3) is 0 Å². The van der Waals surface area contributed by atoms with Crippen molar-refractivity contribution in [3.8, 4) is 0 Å². The molecule has 7 heteroatoms. The lowest BCUT2D eigenvalue weighted by Crippen LogP contribution is -2.47. The molecule has 1 aromatic heterocycles. The average molecular weight is 265 g/mol. The summed E-state index contributed by atoms with van der Waals surface area (Å²) in [7, 11) is 0. The van der Waals surface area contributed by atoms with Gasteiger partial charge in [0.25, 0.3) is 0 Å². The number of nitrogens with one attached hydrogen (secondary N) is 4. The molecule has 7 nitrogen and oxygen atoms in total. The predicted molar refractivity (Wildman–Crippen MR) is 68.3 cm³/mol. The Morgan fingerprint density at radius 3 is 3.16 bits per heavy atom. The Morgan fingerprint density at radius 2 is 2.37 bits per heavy atom. The highest BCUT2D eigenvalue weighted by atomic mass is 16.2. The second kappa shape index (κ2) is 4.80. The summed E-state index contributed by atoms with van der Waals surface area (Å²) in [5, 5.41) is 12.3. The Morgan fingerprint density at radius 1 is 1.47 bits per heavy atom. The molecule has 0 spiro atoms. The molecule has 2 heterocycles. The van der Waals surface area contributed by atoms with Crippen molar-refractivity contribution in [1.82, 2.24) is 25.8 Å². The van der Waals surface area contributed by atoms with E-state index in [-0.39, 0.29) is 23.6 Å². The van der Waals surface area contributed by atoms with Crippen molar-refractivity contribution in [2.75, 3.05) is 13.1 Å². The van der Waals surface area contributed by atoms with Gasteiger partial charge in [0.2, 0.25) is 5.91 Å². The number of amides is 1. The smallest absolute Gasteiger partial charge is 0.340 e. The van der Waals surface area contributed by atoms with Gasteiger partial charge in [0.15, 0.2) is 0 Å². The third-order valence-corrected chi connectivity index (χ3v) is 4.46. The molecule has 1 aliphatic heterocycles. The van der Waals surface area contributed by atoms with E-state index in [1.54, 1.807) is 0 Å². The van der Waals surface area contributed by atoms with Crippen LogP contribution < -0.4 is 16.3 Å². The van der Waals surface area contributed by atoms with Gasteiger partial charge >= 0.3 is 5.69 Å². The molecule has 1 amide bonds. The van der Waals surface area contributed by atoms with Crippen LogP contribution in [0.4, 0.5) is 0 Å². The topological polar surface area (TPSA) is 103 Å². The first kappa shape index (κ1) is 12.4. The number of nitrogens with zero attached hydrogens (tertiary/aromatic N) is 1. The predicted octanol–water partition coefficient (Wildman–Crippen LogP) is -0.506. The van der Waals surface area contributed by atoms with E-state index in [4.69, 9.17) is 0 Å². The van der Waals surface area contributed by atoms with Crippen molar-refractivity contribution in [3.63, 3.8) is 0 Å². The lowest BCUT2D eigenvalue weighted by molar-refractivity contribution is -0.134. The molecule has 1 saturated carbocycles. The average Bonchev–Trinajstić information content (AvgIpc) is 3.02. The van der Waals surface area contributed by atoms with Gasteiger partial charge in [0.1, 0.15) is 5.82 Å². The molecular weight excluding hydrogens is 246 g/mol. The van der Waals surface area contributed by atoms with Crippen molar-refractivity contribution in [3.05, 3.63) is 16.3 Å². The summed E-state index contributed by atoms with van der Waals surface area (Å²) in [6, 6.07) is 0. The Kier molecular flexibility index (Phi) is 3.14. The molecule has 0 radical (unpaired) electrons. The molecule has 19 heavy (non-hydrogen) atoms. The van der Waals surface area contributed by atoms with Crippen LogP contribution in [0.1, 0.15) is 31.5 Å². The zero-order chi connectivity index (χ0) is 13.3. The minimum Gasteiger partial charge on any atom is -0.348 e. The zero-order valence-electron chi connectivity index (χ0n) is 10.8. The molecule has 104 valence electrons. The molecule has 1 saturated heterocycles. The van der Waals surface area contributed by atoms with Gasteiger partial charge in [-0.05, 0) is 25.3 Å².